The van der Waals surface area contributed by atoms with Gasteiger partial charge in [-0.15, -0.1) is 0 Å². The van der Waals surface area contributed by atoms with E-state index in [2.05, 4.69) is 5.32 Å². The molecule has 4 aliphatic carbocycles. The van der Waals surface area contributed by atoms with Crippen molar-refractivity contribution < 1.29 is 25.2 Å². The third-order valence-electron chi connectivity index (χ3n) is 6.48. The second kappa shape index (κ2) is 5.69. The molecule has 5 aliphatic rings. The van der Waals surface area contributed by atoms with E-state index in [1.807, 2.05) is 0 Å². The van der Waals surface area contributed by atoms with E-state index >= 15 is 0 Å². The monoisotopic (exact) mass is 313 g/mol. The van der Waals surface area contributed by atoms with Crippen LogP contribution in [0.5, 0.6) is 0 Å². The standard InChI is InChI=1S/C16H27NO5/c18-6-11-13(19)14(20)15(21)16(22-11)17-12-9-2-7-1-8(4-9)5-10(12)3-7/h7-21H,1-6H2/t7?,8?,9?,10?,11-,12?,13-,14+,15+,16-/m1/s1. The van der Waals surface area contributed by atoms with Crippen molar-refractivity contribution in [3.63, 3.8) is 0 Å². The molecule has 4 saturated carbocycles. The van der Waals surface area contributed by atoms with Crippen LogP contribution in [-0.2, 0) is 4.74 Å². The van der Waals surface area contributed by atoms with Crippen molar-refractivity contribution in [1.29, 1.82) is 0 Å². The van der Waals surface area contributed by atoms with Crippen molar-refractivity contribution in [2.45, 2.75) is 68.8 Å². The van der Waals surface area contributed by atoms with Crippen molar-refractivity contribution in [3.8, 4) is 0 Å². The molecule has 0 aromatic carbocycles. The van der Waals surface area contributed by atoms with E-state index in [1.54, 1.807) is 0 Å². The summed E-state index contributed by atoms with van der Waals surface area (Å²) in [5.41, 5.74) is 0. The number of hydrogen-bond donors (Lipinski definition) is 5. The van der Waals surface area contributed by atoms with Gasteiger partial charge in [0.05, 0.1) is 6.61 Å². The van der Waals surface area contributed by atoms with Crippen LogP contribution in [0.1, 0.15) is 32.1 Å². The minimum Gasteiger partial charge on any atom is -0.394 e. The number of hydrogen-bond acceptors (Lipinski definition) is 6. The molecule has 5 rings (SSSR count). The second-order valence-corrected chi connectivity index (χ2v) is 7.87. The smallest absolute Gasteiger partial charge is 0.137 e. The Morgan fingerprint density at radius 2 is 1.41 bits per heavy atom. The molecule has 126 valence electrons. The Morgan fingerprint density at radius 3 is 1.95 bits per heavy atom. The molecule has 1 aliphatic heterocycles. The first-order valence-corrected chi connectivity index (χ1v) is 8.63. The SMILES string of the molecule is OC[C@H]1O[C@@H](NC2C3CC4CC(C3)CC2C4)[C@@H](O)[C@@H](O)[C@@H]1O. The third kappa shape index (κ3) is 2.41. The van der Waals surface area contributed by atoms with E-state index < -0.39 is 30.6 Å². The molecular weight excluding hydrogens is 286 g/mol. The molecule has 0 unspecified atom stereocenters. The maximum absolute atomic E-state index is 10.2. The summed E-state index contributed by atoms with van der Waals surface area (Å²) in [5.74, 6) is 3.00. The molecular formula is C16H27NO5. The highest BCUT2D eigenvalue weighted by Gasteiger charge is 2.51. The molecule has 6 nitrogen and oxygen atoms in total. The molecule has 5 N–H and O–H groups in total. The summed E-state index contributed by atoms with van der Waals surface area (Å²) in [6.07, 6.45) is 1.10. The zero-order valence-corrected chi connectivity index (χ0v) is 12.7. The average Bonchev–Trinajstić information content (AvgIpc) is 2.50. The summed E-state index contributed by atoms with van der Waals surface area (Å²) in [5, 5.41) is 42.7. The Hall–Kier alpha value is -0.240. The van der Waals surface area contributed by atoms with Crippen LogP contribution in [0.15, 0.2) is 0 Å². The fourth-order valence-electron chi connectivity index (χ4n) is 5.63. The van der Waals surface area contributed by atoms with Crippen molar-refractivity contribution in [2.24, 2.45) is 23.7 Å². The maximum atomic E-state index is 10.2. The normalized spacial score (nSPS) is 57.3. The van der Waals surface area contributed by atoms with E-state index in [0.717, 1.165) is 11.8 Å². The predicted octanol–water partition coefficient (Wildman–Crippen LogP) is -0.799. The van der Waals surface area contributed by atoms with Gasteiger partial charge in [-0.1, -0.05) is 0 Å². The molecule has 0 spiro atoms. The summed E-state index contributed by atoms with van der Waals surface area (Å²) in [6, 6.07) is 0.314. The average molecular weight is 313 g/mol. The fourth-order valence-corrected chi connectivity index (χ4v) is 5.63. The van der Waals surface area contributed by atoms with Crippen LogP contribution in [0.4, 0.5) is 0 Å². The number of ether oxygens (including phenoxy) is 1. The van der Waals surface area contributed by atoms with E-state index in [4.69, 9.17) is 4.74 Å². The van der Waals surface area contributed by atoms with Crippen molar-refractivity contribution in [1.82, 2.24) is 5.32 Å². The Bertz CT molecular complexity index is 389. The van der Waals surface area contributed by atoms with E-state index in [-0.39, 0.29) is 6.61 Å². The lowest BCUT2D eigenvalue weighted by molar-refractivity contribution is -0.242. The van der Waals surface area contributed by atoms with Gasteiger partial charge in [0, 0.05) is 6.04 Å². The number of nitrogens with one attached hydrogen (secondary N) is 1. The summed E-state index contributed by atoms with van der Waals surface area (Å²) in [6.45, 7) is -0.370. The topological polar surface area (TPSA) is 102 Å². The molecule has 5 atom stereocenters. The zero-order chi connectivity index (χ0) is 15.4. The van der Waals surface area contributed by atoms with Crippen LogP contribution < -0.4 is 5.32 Å². The summed E-state index contributed by atoms with van der Waals surface area (Å²) in [7, 11) is 0. The van der Waals surface area contributed by atoms with Crippen LogP contribution in [0.3, 0.4) is 0 Å². The Kier molecular flexibility index (Phi) is 3.95. The first-order chi connectivity index (χ1) is 10.6. The highest BCUT2D eigenvalue weighted by atomic mass is 16.6. The van der Waals surface area contributed by atoms with Gasteiger partial charge in [0.1, 0.15) is 30.6 Å². The number of aliphatic hydroxyl groups is 4. The third-order valence-corrected chi connectivity index (χ3v) is 6.48. The summed E-state index contributed by atoms with van der Waals surface area (Å²) in [4.78, 5) is 0. The first-order valence-electron chi connectivity index (χ1n) is 8.63. The minimum atomic E-state index is -1.29. The second-order valence-electron chi connectivity index (χ2n) is 7.87. The molecule has 4 bridgehead atoms. The van der Waals surface area contributed by atoms with Gasteiger partial charge in [0.25, 0.3) is 0 Å². The Labute approximate surface area is 130 Å². The van der Waals surface area contributed by atoms with Crippen LogP contribution in [0.2, 0.25) is 0 Å². The first kappa shape index (κ1) is 15.3. The predicted molar refractivity (Wildman–Crippen MR) is 77.7 cm³/mol. The lowest BCUT2D eigenvalue weighted by Crippen LogP contribution is -2.66. The number of rotatable bonds is 3. The maximum Gasteiger partial charge on any atom is 0.137 e. The van der Waals surface area contributed by atoms with Crippen molar-refractivity contribution >= 4 is 0 Å². The molecule has 22 heavy (non-hydrogen) atoms. The minimum absolute atomic E-state index is 0.314. The van der Waals surface area contributed by atoms with E-state index in [9.17, 15) is 20.4 Å². The Morgan fingerprint density at radius 1 is 0.818 bits per heavy atom. The van der Waals surface area contributed by atoms with E-state index in [0.29, 0.717) is 17.9 Å². The lowest BCUT2D eigenvalue weighted by atomic mass is 9.54. The van der Waals surface area contributed by atoms with Crippen LogP contribution in [0, 0.1) is 23.7 Å². The molecule has 0 amide bonds. The van der Waals surface area contributed by atoms with Crippen molar-refractivity contribution in [2.75, 3.05) is 6.61 Å². The fraction of sp³-hybridized carbons (Fsp3) is 1.00. The van der Waals surface area contributed by atoms with Gasteiger partial charge in [-0.3, -0.25) is 5.32 Å². The summed E-state index contributed by atoms with van der Waals surface area (Å²) >= 11 is 0. The van der Waals surface area contributed by atoms with Gasteiger partial charge in [-0.05, 0) is 55.8 Å². The molecule has 6 heteroatoms. The van der Waals surface area contributed by atoms with E-state index in [1.165, 1.54) is 32.1 Å². The van der Waals surface area contributed by atoms with Crippen molar-refractivity contribution in [3.05, 3.63) is 0 Å². The largest absolute Gasteiger partial charge is 0.394 e. The molecule has 1 saturated heterocycles. The molecule has 0 aromatic rings. The summed E-state index contributed by atoms with van der Waals surface area (Å²) < 4.78 is 5.62. The Balaban J connectivity index is 1.46. The highest BCUT2D eigenvalue weighted by molar-refractivity contribution is 5.03. The molecule has 0 aromatic heterocycles. The molecule has 5 fully saturated rings. The number of aliphatic hydroxyl groups excluding tert-OH is 4. The lowest BCUT2D eigenvalue weighted by Gasteiger charge is -2.56. The van der Waals surface area contributed by atoms with Gasteiger partial charge >= 0.3 is 0 Å². The van der Waals surface area contributed by atoms with Gasteiger partial charge in [-0.2, -0.15) is 0 Å². The molecule has 0 radical (unpaired) electrons. The van der Waals surface area contributed by atoms with Gasteiger partial charge in [0.15, 0.2) is 0 Å². The van der Waals surface area contributed by atoms with Crippen LogP contribution >= 0.6 is 0 Å². The quantitative estimate of drug-likeness (QED) is 0.468. The van der Waals surface area contributed by atoms with Gasteiger partial charge < -0.3 is 25.2 Å². The van der Waals surface area contributed by atoms with Gasteiger partial charge in [-0.25, -0.2) is 0 Å². The van der Waals surface area contributed by atoms with Crippen LogP contribution in [0.25, 0.3) is 0 Å². The van der Waals surface area contributed by atoms with Crippen LogP contribution in [-0.4, -0.2) is 63.7 Å². The zero-order valence-electron chi connectivity index (χ0n) is 12.7. The molecule has 1 heterocycles. The van der Waals surface area contributed by atoms with Gasteiger partial charge in [0.2, 0.25) is 0 Å². The highest BCUT2D eigenvalue weighted by Crippen LogP contribution is 2.53.